The molecule has 0 heterocycles. The van der Waals surface area contributed by atoms with E-state index < -0.39 is 5.39 Å². The van der Waals surface area contributed by atoms with Gasteiger partial charge in [0.15, 0.2) is 0 Å². The molecule has 1 rings (SSSR count). The Bertz CT molecular complexity index is 175. The third-order valence-electron chi connectivity index (χ3n) is 1.41. The summed E-state index contributed by atoms with van der Waals surface area (Å²) in [5.41, 5.74) is 0.922. The van der Waals surface area contributed by atoms with Crippen molar-refractivity contribution >= 4 is 0 Å². The van der Waals surface area contributed by atoms with Gasteiger partial charge in [-0.15, -0.1) is 5.39 Å². The maximum atomic E-state index is 9.89. The summed E-state index contributed by atoms with van der Waals surface area (Å²) in [7, 11) is 0. The molecule has 1 aliphatic carbocycles. The first-order chi connectivity index (χ1) is 5.29. The lowest BCUT2D eigenvalue weighted by Gasteiger charge is -2.18. The van der Waals surface area contributed by atoms with Gasteiger partial charge in [-0.25, -0.2) is 0 Å². The van der Waals surface area contributed by atoms with Gasteiger partial charge in [-0.2, -0.15) is 0 Å². The van der Waals surface area contributed by atoms with Gasteiger partial charge in [-0.1, -0.05) is 18.2 Å². The van der Waals surface area contributed by atoms with Gasteiger partial charge in [0, 0.05) is 0 Å². The van der Waals surface area contributed by atoms with Crippen LogP contribution in [0.15, 0.2) is 23.8 Å². The Morgan fingerprint density at radius 2 is 2.45 bits per heavy atom. The summed E-state index contributed by atoms with van der Waals surface area (Å²) in [5, 5.41) is 17.4. The van der Waals surface area contributed by atoms with Gasteiger partial charge in [-0.3, -0.25) is 4.84 Å². The predicted molar refractivity (Wildman–Crippen MR) is 39.4 cm³/mol. The molecule has 0 atom stereocenters. The van der Waals surface area contributed by atoms with Gasteiger partial charge in [0.2, 0.25) is 0 Å². The predicted octanol–water partition coefficient (Wildman–Crippen LogP) is 1.38. The average molecular weight is 156 g/mol. The summed E-state index contributed by atoms with van der Waals surface area (Å²) in [5.74, 6) is 0. The van der Waals surface area contributed by atoms with E-state index in [1.165, 1.54) is 0 Å². The number of nitrogens with zero attached hydrogens (tertiary/aromatic N) is 1. The monoisotopic (exact) mass is 156 g/mol. The second kappa shape index (κ2) is 4.25. The van der Waals surface area contributed by atoms with Crippen molar-refractivity contribution in [3.8, 4) is 0 Å². The summed E-state index contributed by atoms with van der Waals surface area (Å²) in [6.45, 7) is 0.135. The molecule has 0 fully saturated rings. The fourth-order valence-electron chi connectivity index (χ4n) is 0.904. The zero-order valence-corrected chi connectivity index (χ0v) is 6.06. The molecule has 0 aromatic rings. The van der Waals surface area contributed by atoms with Crippen molar-refractivity contribution in [3.63, 3.8) is 0 Å². The highest BCUT2D eigenvalue weighted by Gasteiger charge is 1.96. The van der Waals surface area contributed by atoms with Crippen molar-refractivity contribution in [1.29, 1.82) is 0 Å². The van der Waals surface area contributed by atoms with Gasteiger partial charge in [0.25, 0.3) is 0 Å². The topological polar surface area (TPSA) is 55.8 Å². The molecule has 0 radical (unpaired) electrons. The van der Waals surface area contributed by atoms with Crippen molar-refractivity contribution in [1.82, 2.24) is 5.39 Å². The van der Waals surface area contributed by atoms with Crippen LogP contribution in [0, 0.1) is 5.21 Å². The number of rotatable bonds is 3. The first-order valence-corrected chi connectivity index (χ1v) is 3.43. The number of hydrogen-bond donors (Lipinski definition) is 1. The van der Waals surface area contributed by atoms with Crippen LogP contribution >= 0.6 is 0 Å². The molecule has 0 aromatic heterocycles. The second-order valence-corrected chi connectivity index (χ2v) is 2.27. The molecule has 0 bridgehead atoms. The standard InChI is InChI=1S/C7H10NO3/c9-8(10)11-6-7-4-2-1-3-5-7/h2,4-5,9H,1,3,6H2/q-1. The molecule has 62 valence electrons. The smallest absolute Gasteiger partial charge is 0.0947 e. The Morgan fingerprint density at radius 1 is 1.64 bits per heavy atom. The van der Waals surface area contributed by atoms with Crippen LogP contribution in [0.4, 0.5) is 0 Å². The van der Waals surface area contributed by atoms with Crippen LogP contribution in [0.3, 0.4) is 0 Å². The first-order valence-electron chi connectivity index (χ1n) is 3.43. The highest BCUT2D eigenvalue weighted by Crippen LogP contribution is 2.09. The summed E-state index contributed by atoms with van der Waals surface area (Å²) < 4.78 is 0. The molecule has 0 spiro atoms. The Morgan fingerprint density at radius 3 is 3.00 bits per heavy atom. The van der Waals surface area contributed by atoms with Gasteiger partial charge in [0.1, 0.15) is 0 Å². The van der Waals surface area contributed by atoms with E-state index in [2.05, 4.69) is 4.84 Å². The minimum absolute atomic E-state index is 0.135. The highest BCUT2D eigenvalue weighted by atomic mass is 17.1. The molecule has 0 aromatic carbocycles. The summed E-state index contributed by atoms with van der Waals surface area (Å²) in [6.07, 6.45) is 7.87. The molecule has 4 nitrogen and oxygen atoms in total. The minimum atomic E-state index is -0.525. The van der Waals surface area contributed by atoms with Gasteiger partial charge >= 0.3 is 0 Å². The third kappa shape index (κ3) is 3.29. The molecule has 0 unspecified atom stereocenters. The van der Waals surface area contributed by atoms with E-state index in [1.54, 1.807) is 0 Å². The van der Waals surface area contributed by atoms with Crippen molar-refractivity contribution in [3.05, 3.63) is 29.0 Å². The largest absolute Gasteiger partial charge is 0.738 e. The lowest BCUT2D eigenvalue weighted by molar-refractivity contribution is -0.300. The fraction of sp³-hybridized carbons (Fsp3) is 0.429. The lowest BCUT2D eigenvalue weighted by Crippen LogP contribution is -2.13. The first kappa shape index (κ1) is 8.42. The van der Waals surface area contributed by atoms with Gasteiger partial charge in [-0.05, 0) is 18.4 Å². The molecule has 0 saturated heterocycles. The molecular weight excluding hydrogens is 146 g/mol. The fourth-order valence-corrected chi connectivity index (χ4v) is 0.904. The van der Waals surface area contributed by atoms with Crippen LogP contribution in [0.1, 0.15) is 12.8 Å². The summed E-state index contributed by atoms with van der Waals surface area (Å²) >= 11 is 0. The van der Waals surface area contributed by atoms with Crippen LogP contribution in [0.25, 0.3) is 0 Å². The van der Waals surface area contributed by atoms with E-state index in [9.17, 15) is 5.21 Å². The van der Waals surface area contributed by atoms with Crippen LogP contribution < -0.4 is 0 Å². The SMILES string of the molecule is [O-]N(O)OCC1=CCCC=C1. The summed E-state index contributed by atoms with van der Waals surface area (Å²) in [6, 6.07) is 0. The third-order valence-corrected chi connectivity index (χ3v) is 1.41. The maximum Gasteiger partial charge on any atom is 0.0947 e. The van der Waals surface area contributed by atoms with Gasteiger partial charge in [0.05, 0.1) is 6.61 Å². The Kier molecular flexibility index (Phi) is 3.25. The van der Waals surface area contributed by atoms with Gasteiger partial charge < -0.3 is 10.4 Å². The molecule has 11 heavy (non-hydrogen) atoms. The molecule has 4 heteroatoms. The van der Waals surface area contributed by atoms with Crippen LogP contribution in [0.5, 0.6) is 0 Å². The summed E-state index contributed by atoms with van der Waals surface area (Å²) in [4.78, 5) is 4.30. The molecular formula is C7H10NO3-. The zero-order valence-electron chi connectivity index (χ0n) is 6.06. The highest BCUT2D eigenvalue weighted by molar-refractivity contribution is 5.22. The minimum Gasteiger partial charge on any atom is -0.738 e. The molecule has 0 amide bonds. The van der Waals surface area contributed by atoms with Crippen LogP contribution in [-0.4, -0.2) is 17.2 Å². The molecule has 0 saturated carbocycles. The van der Waals surface area contributed by atoms with Crippen molar-refractivity contribution in [2.75, 3.05) is 6.61 Å². The Labute approximate surface area is 64.9 Å². The Balaban J connectivity index is 2.25. The average Bonchev–Trinajstić information content (AvgIpc) is 2.03. The normalized spacial score (nSPS) is 17.2. The van der Waals surface area contributed by atoms with E-state index in [-0.39, 0.29) is 6.61 Å². The molecule has 1 N–H and O–H groups in total. The lowest BCUT2D eigenvalue weighted by atomic mass is 10.1. The Hall–Kier alpha value is -0.680. The number of hydrogen-bond acceptors (Lipinski definition) is 4. The van der Waals surface area contributed by atoms with E-state index in [0.29, 0.717) is 0 Å². The quantitative estimate of drug-likeness (QED) is 0.627. The van der Waals surface area contributed by atoms with Crippen molar-refractivity contribution in [2.45, 2.75) is 12.8 Å². The van der Waals surface area contributed by atoms with Crippen molar-refractivity contribution < 1.29 is 10.0 Å². The second-order valence-electron chi connectivity index (χ2n) is 2.27. The maximum absolute atomic E-state index is 9.89. The molecule has 1 aliphatic rings. The van der Waals surface area contributed by atoms with Crippen LogP contribution in [-0.2, 0) is 4.84 Å². The van der Waals surface area contributed by atoms with E-state index in [1.807, 2.05) is 18.2 Å². The van der Waals surface area contributed by atoms with Crippen LogP contribution in [0.2, 0.25) is 0 Å². The zero-order chi connectivity index (χ0) is 8.10. The van der Waals surface area contributed by atoms with E-state index in [0.717, 1.165) is 18.4 Å². The van der Waals surface area contributed by atoms with E-state index >= 15 is 0 Å². The van der Waals surface area contributed by atoms with Crippen molar-refractivity contribution in [2.24, 2.45) is 0 Å². The van der Waals surface area contributed by atoms with E-state index in [4.69, 9.17) is 5.21 Å². The number of allylic oxidation sites excluding steroid dienone is 2. The molecule has 0 aliphatic heterocycles.